The Morgan fingerprint density at radius 3 is 2.40 bits per heavy atom. The van der Waals surface area contributed by atoms with Crippen LogP contribution in [0.2, 0.25) is 0 Å². The first kappa shape index (κ1) is 19.3. The minimum Gasteiger partial charge on any atom is -0.496 e. The van der Waals surface area contributed by atoms with Crippen molar-refractivity contribution in [3.63, 3.8) is 0 Å². The van der Waals surface area contributed by atoms with Crippen molar-refractivity contribution in [1.29, 1.82) is 0 Å². The van der Waals surface area contributed by atoms with E-state index in [1.807, 2.05) is 29.2 Å². The fourth-order valence-corrected chi connectivity index (χ4v) is 3.21. The average Bonchev–Trinajstić information content (AvgIpc) is 2.90. The van der Waals surface area contributed by atoms with Gasteiger partial charge >= 0.3 is 0 Å². The maximum atomic E-state index is 12.8. The SMILES string of the molecule is COc1ccccc1CCNC(=O)C(C)(C)C(=O)N1CCCCCC1. The maximum Gasteiger partial charge on any atom is 0.237 e. The molecule has 1 saturated heterocycles. The van der Waals surface area contributed by atoms with E-state index in [9.17, 15) is 9.59 Å². The van der Waals surface area contributed by atoms with Gasteiger partial charge in [-0.2, -0.15) is 0 Å². The zero-order chi connectivity index (χ0) is 18.3. The second-order valence-corrected chi connectivity index (χ2v) is 7.15. The number of hydrogen-bond donors (Lipinski definition) is 1. The Labute approximate surface area is 150 Å². The van der Waals surface area contributed by atoms with Gasteiger partial charge in [-0.15, -0.1) is 0 Å². The number of benzene rings is 1. The van der Waals surface area contributed by atoms with Gasteiger partial charge in [-0.05, 0) is 44.7 Å². The molecule has 1 N–H and O–H groups in total. The first-order valence-electron chi connectivity index (χ1n) is 9.16. The van der Waals surface area contributed by atoms with Crippen LogP contribution in [0.4, 0.5) is 0 Å². The molecular formula is C20H30N2O3. The lowest BCUT2D eigenvalue weighted by Crippen LogP contribution is -2.50. The Morgan fingerprint density at radius 1 is 1.12 bits per heavy atom. The molecule has 2 amide bonds. The molecule has 138 valence electrons. The molecule has 1 heterocycles. The molecular weight excluding hydrogens is 316 g/mol. The molecule has 0 spiro atoms. The van der Waals surface area contributed by atoms with Crippen LogP contribution in [0.25, 0.3) is 0 Å². The predicted molar refractivity (Wildman–Crippen MR) is 98.5 cm³/mol. The molecule has 1 aromatic carbocycles. The van der Waals surface area contributed by atoms with Gasteiger partial charge in [0.05, 0.1) is 7.11 Å². The van der Waals surface area contributed by atoms with Crippen molar-refractivity contribution in [2.24, 2.45) is 5.41 Å². The van der Waals surface area contributed by atoms with Crippen molar-refractivity contribution in [3.8, 4) is 5.75 Å². The summed E-state index contributed by atoms with van der Waals surface area (Å²) in [6, 6.07) is 7.76. The zero-order valence-corrected chi connectivity index (χ0v) is 15.6. The molecule has 25 heavy (non-hydrogen) atoms. The predicted octanol–water partition coefficient (Wildman–Crippen LogP) is 2.78. The summed E-state index contributed by atoms with van der Waals surface area (Å²) in [5.41, 5.74) is 0.00688. The van der Waals surface area contributed by atoms with Crippen molar-refractivity contribution in [1.82, 2.24) is 10.2 Å². The fourth-order valence-electron chi connectivity index (χ4n) is 3.21. The summed E-state index contributed by atoms with van der Waals surface area (Å²) in [5.74, 6) is 0.539. The summed E-state index contributed by atoms with van der Waals surface area (Å²) in [7, 11) is 1.64. The van der Waals surface area contributed by atoms with Crippen LogP contribution >= 0.6 is 0 Å². The first-order chi connectivity index (χ1) is 12.0. The number of carbonyl (C=O) groups is 2. The molecule has 1 fully saturated rings. The molecule has 0 aromatic heterocycles. The molecule has 1 aliphatic heterocycles. The number of nitrogens with zero attached hydrogens (tertiary/aromatic N) is 1. The van der Waals surface area contributed by atoms with E-state index in [0.717, 1.165) is 50.1 Å². The highest BCUT2D eigenvalue weighted by Gasteiger charge is 2.38. The Kier molecular flexibility index (Phi) is 6.85. The third-order valence-electron chi connectivity index (χ3n) is 4.87. The number of nitrogens with one attached hydrogen (secondary N) is 1. The fraction of sp³-hybridized carbons (Fsp3) is 0.600. The monoisotopic (exact) mass is 346 g/mol. The third kappa shape index (κ3) is 4.97. The normalized spacial score (nSPS) is 15.4. The van der Waals surface area contributed by atoms with Crippen LogP contribution in [0.15, 0.2) is 24.3 Å². The minimum atomic E-state index is -1.04. The molecule has 1 aromatic rings. The standard InChI is InChI=1S/C20H30N2O3/c1-20(2,19(24)22-14-8-4-5-9-15-22)18(23)21-13-12-16-10-6-7-11-17(16)25-3/h6-7,10-11H,4-5,8-9,12-15H2,1-3H3,(H,21,23). The van der Waals surface area contributed by atoms with E-state index in [1.165, 1.54) is 0 Å². The first-order valence-corrected chi connectivity index (χ1v) is 9.16. The maximum absolute atomic E-state index is 12.8. The highest BCUT2D eigenvalue weighted by Crippen LogP contribution is 2.22. The van der Waals surface area contributed by atoms with Gasteiger partial charge in [-0.3, -0.25) is 9.59 Å². The number of rotatable bonds is 6. The van der Waals surface area contributed by atoms with Crippen LogP contribution < -0.4 is 10.1 Å². The van der Waals surface area contributed by atoms with Crippen LogP contribution in [0, 0.1) is 5.41 Å². The Balaban J connectivity index is 1.90. The largest absolute Gasteiger partial charge is 0.496 e. The van der Waals surface area contributed by atoms with E-state index in [1.54, 1.807) is 21.0 Å². The van der Waals surface area contributed by atoms with E-state index < -0.39 is 5.41 Å². The lowest BCUT2D eigenvalue weighted by atomic mass is 9.90. The molecule has 0 radical (unpaired) electrons. The van der Waals surface area contributed by atoms with Crippen LogP contribution in [0.1, 0.15) is 45.1 Å². The van der Waals surface area contributed by atoms with Gasteiger partial charge in [-0.25, -0.2) is 0 Å². The van der Waals surface area contributed by atoms with Crippen LogP contribution in [-0.4, -0.2) is 43.5 Å². The molecule has 1 aliphatic rings. The van der Waals surface area contributed by atoms with Crippen molar-refractivity contribution >= 4 is 11.8 Å². The van der Waals surface area contributed by atoms with Gasteiger partial charge in [0.15, 0.2) is 0 Å². The van der Waals surface area contributed by atoms with Crippen LogP contribution in [0.3, 0.4) is 0 Å². The van der Waals surface area contributed by atoms with E-state index >= 15 is 0 Å². The number of likely N-dealkylation sites (tertiary alicyclic amines) is 1. The van der Waals surface area contributed by atoms with Crippen molar-refractivity contribution in [2.45, 2.75) is 46.0 Å². The molecule has 5 heteroatoms. The highest BCUT2D eigenvalue weighted by atomic mass is 16.5. The van der Waals surface area contributed by atoms with Gasteiger partial charge in [0.2, 0.25) is 11.8 Å². The molecule has 2 rings (SSSR count). The Hall–Kier alpha value is -2.04. The topological polar surface area (TPSA) is 58.6 Å². The molecule has 0 saturated carbocycles. The second kappa shape index (κ2) is 8.88. The number of methoxy groups -OCH3 is 1. The summed E-state index contributed by atoms with van der Waals surface area (Å²) in [5, 5.41) is 2.92. The number of hydrogen-bond acceptors (Lipinski definition) is 3. The Morgan fingerprint density at radius 2 is 1.76 bits per heavy atom. The Bertz CT molecular complexity index is 590. The molecule has 0 unspecified atom stereocenters. The van der Waals surface area contributed by atoms with Crippen molar-refractivity contribution in [3.05, 3.63) is 29.8 Å². The summed E-state index contributed by atoms with van der Waals surface area (Å²) in [4.78, 5) is 27.2. The lowest BCUT2D eigenvalue weighted by Gasteiger charge is -2.30. The quantitative estimate of drug-likeness (QED) is 0.806. The van der Waals surface area contributed by atoms with Crippen LogP contribution in [-0.2, 0) is 16.0 Å². The minimum absolute atomic E-state index is 0.0656. The van der Waals surface area contributed by atoms with Gasteiger partial charge in [0.25, 0.3) is 0 Å². The van der Waals surface area contributed by atoms with E-state index in [-0.39, 0.29) is 11.8 Å². The van der Waals surface area contributed by atoms with Crippen molar-refractivity contribution in [2.75, 3.05) is 26.7 Å². The van der Waals surface area contributed by atoms with E-state index in [4.69, 9.17) is 4.74 Å². The van der Waals surface area contributed by atoms with E-state index in [2.05, 4.69) is 5.32 Å². The summed E-state index contributed by atoms with van der Waals surface area (Å²) in [6.07, 6.45) is 5.04. The zero-order valence-electron chi connectivity index (χ0n) is 15.6. The van der Waals surface area contributed by atoms with Gasteiger partial charge in [0, 0.05) is 19.6 Å². The lowest BCUT2D eigenvalue weighted by molar-refractivity contribution is -0.148. The highest BCUT2D eigenvalue weighted by molar-refractivity contribution is 6.04. The number of amides is 2. The van der Waals surface area contributed by atoms with Gasteiger partial charge in [0.1, 0.15) is 11.2 Å². The molecule has 0 bridgehead atoms. The van der Waals surface area contributed by atoms with Gasteiger partial charge in [-0.1, -0.05) is 31.0 Å². The van der Waals surface area contributed by atoms with E-state index in [0.29, 0.717) is 13.0 Å². The number of ether oxygens (including phenoxy) is 1. The van der Waals surface area contributed by atoms with Crippen LogP contribution in [0.5, 0.6) is 5.75 Å². The summed E-state index contributed by atoms with van der Waals surface area (Å²) >= 11 is 0. The molecule has 5 nitrogen and oxygen atoms in total. The molecule has 0 atom stereocenters. The smallest absolute Gasteiger partial charge is 0.237 e. The number of para-hydroxylation sites is 1. The van der Waals surface area contributed by atoms with Crippen molar-refractivity contribution < 1.29 is 14.3 Å². The molecule has 0 aliphatic carbocycles. The third-order valence-corrected chi connectivity index (χ3v) is 4.87. The second-order valence-electron chi connectivity index (χ2n) is 7.15. The van der Waals surface area contributed by atoms with Gasteiger partial charge < -0.3 is 15.0 Å². The summed E-state index contributed by atoms with van der Waals surface area (Å²) in [6.45, 7) is 5.45. The summed E-state index contributed by atoms with van der Waals surface area (Å²) < 4.78 is 5.33. The number of carbonyl (C=O) groups excluding carboxylic acids is 2. The average molecular weight is 346 g/mol.